The van der Waals surface area contributed by atoms with E-state index in [4.69, 9.17) is 0 Å². The van der Waals surface area contributed by atoms with Gasteiger partial charge in [-0.15, -0.1) is 0 Å². The van der Waals surface area contributed by atoms with Crippen LogP contribution in [0.15, 0.2) is 18.2 Å². The van der Waals surface area contributed by atoms with Gasteiger partial charge in [0.2, 0.25) is 0 Å². The molecule has 4 heteroatoms. The molecule has 2 nitrogen and oxygen atoms in total. The van der Waals surface area contributed by atoms with Crippen LogP contribution < -0.4 is 0 Å². The average Bonchev–Trinajstić information content (AvgIpc) is 2.31. The highest BCUT2D eigenvalue weighted by Gasteiger charge is 2.29. The zero-order chi connectivity index (χ0) is 14.0. The van der Waals surface area contributed by atoms with Gasteiger partial charge in [-0.25, -0.2) is 8.78 Å². The minimum absolute atomic E-state index is 0.269. The SMILES string of the molecule is CC1CC(C)CN(C(C#N)c2ccc(F)cc2F)C1. The predicted octanol–water partition coefficient (Wildman–Crippen LogP) is 3.51. The Bertz CT molecular complexity index is 485. The summed E-state index contributed by atoms with van der Waals surface area (Å²) in [4.78, 5) is 2.00. The fourth-order valence-electron chi connectivity index (χ4n) is 2.99. The van der Waals surface area contributed by atoms with Gasteiger partial charge >= 0.3 is 0 Å². The second-order valence-corrected chi connectivity index (χ2v) is 5.60. The zero-order valence-corrected chi connectivity index (χ0v) is 11.2. The normalized spacial score (nSPS) is 25.8. The first-order valence-corrected chi connectivity index (χ1v) is 6.60. The van der Waals surface area contributed by atoms with Crippen LogP contribution in [0.5, 0.6) is 0 Å². The summed E-state index contributed by atoms with van der Waals surface area (Å²) < 4.78 is 26.8. The third-order valence-corrected chi connectivity index (χ3v) is 3.64. The quantitative estimate of drug-likeness (QED) is 0.817. The molecule has 1 heterocycles. The van der Waals surface area contributed by atoms with E-state index >= 15 is 0 Å². The second-order valence-electron chi connectivity index (χ2n) is 5.60. The summed E-state index contributed by atoms with van der Waals surface area (Å²) in [6.07, 6.45) is 1.13. The van der Waals surface area contributed by atoms with Gasteiger partial charge in [0.1, 0.15) is 17.7 Å². The number of benzene rings is 1. The Balaban J connectivity index is 2.27. The molecular formula is C15H18F2N2. The molecule has 1 aromatic carbocycles. The summed E-state index contributed by atoms with van der Waals surface area (Å²) in [7, 11) is 0. The van der Waals surface area contributed by atoms with E-state index in [2.05, 4.69) is 19.9 Å². The van der Waals surface area contributed by atoms with E-state index in [0.717, 1.165) is 25.6 Å². The molecule has 0 N–H and O–H groups in total. The van der Waals surface area contributed by atoms with Gasteiger partial charge in [-0.1, -0.05) is 19.9 Å². The topological polar surface area (TPSA) is 27.0 Å². The van der Waals surface area contributed by atoms with Crippen molar-refractivity contribution >= 4 is 0 Å². The molecule has 1 aliphatic rings. The van der Waals surface area contributed by atoms with Gasteiger partial charge in [-0.2, -0.15) is 5.26 Å². The van der Waals surface area contributed by atoms with E-state index < -0.39 is 17.7 Å². The maximum atomic E-state index is 13.8. The molecule has 1 aliphatic heterocycles. The summed E-state index contributed by atoms with van der Waals surface area (Å²) in [6.45, 7) is 5.83. The van der Waals surface area contributed by atoms with Crippen LogP contribution in [0, 0.1) is 34.8 Å². The lowest BCUT2D eigenvalue weighted by Gasteiger charge is -2.37. The van der Waals surface area contributed by atoms with Crippen LogP contribution in [-0.2, 0) is 0 Å². The molecule has 1 saturated heterocycles. The number of nitriles is 1. The zero-order valence-electron chi connectivity index (χ0n) is 11.2. The van der Waals surface area contributed by atoms with Crippen LogP contribution in [0.25, 0.3) is 0 Å². The maximum absolute atomic E-state index is 13.8. The number of halogens is 2. The van der Waals surface area contributed by atoms with E-state index in [1.807, 2.05) is 4.90 Å². The van der Waals surface area contributed by atoms with Crippen molar-refractivity contribution in [1.29, 1.82) is 5.26 Å². The van der Waals surface area contributed by atoms with E-state index in [9.17, 15) is 14.0 Å². The largest absolute Gasteiger partial charge is 0.284 e. The molecule has 102 valence electrons. The minimum Gasteiger partial charge on any atom is -0.284 e. The van der Waals surface area contributed by atoms with Crippen molar-refractivity contribution in [2.24, 2.45) is 11.8 Å². The molecule has 0 radical (unpaired) electrons. The van der Waals surface area contributed by atoms with Gasteiger partial charge in [0, 0.05) is 24.7 Å². The lowest BCUT2D eigenvalue weighted by Crippen LogP contribution is -2.40. The van der Waals surface area contributed by atoms with Crippen molar-refractivity contribution < 1.29 is 8.78 Å². The molecule has 0 bridgehead atoms. The molecular weight excluding hydrogens is 246 g/mol. The van der Waals surface area contributed by atoms with Gasteiger partial charge in [0.25, 0.3) is 0 Å². The number of hydrogen-bond donors (Lipinski definition) is 0. The fourth-order valence-corrected chi connectivity index (χ4v) is 2.99. The summed E-state index contributed by atoms with van der Waals surface area (Å²) in [6, 6.07) is 4.95. The highest BCUT2D eigenvalue weighted by atomic mass is 19.1. The second kappa shape index (κ2) is 5.66. The number of likely N-dealkylation sites (tertiary alicyclic amines) is 1. The van der Waals surface area contributed by atoms with Crippen molar-refractivity contribution in [3.8, 4) is 6.07 Å². The van der Waals surface area contributed by atoms with Crippen molar-refractivity contribution in [1.82, 2.24) is 4.90 Å². The van der Waals surface area contributed by atoms with Gasteiger partial charge in [-0.3, -0.25) is 4.90 Å². The van der Waals surface area contributed by atoms with Crippen LogP contribution in [0.1, 0.15) is 31.9 Å². The van der Waals surface area contributed by atoms with Crippen molar-refractivity contribution in [3.05, 3.63) is 35.4 Å². The first kappa shape index (κ1) is 14.0. The Kier molecular flexibility index (Phi) is 4.16. The number of hydrogen-bond acceptors (Lipinski definition) is 2. The monoisotopic (exact) mass is 264 g/mol. The van der Waals surface area contributed by atoms with E-state index in [1.54, 1.807) is 0 Å². The molecule has 3 unspecified atom stereocenters. The Labute approximate surface area is 112 Å². The third-order valence-electron chi connectivity index (χ3n) is 3.64. The van der Waals surface area contributed by atoms with Crippen LogP contribution in [0.3, 0.4) is 0 Å². The molecule has 0 aromatic heterocycles. The summed E-state index contributed by atoms with van der Waals surface area (Å²) >= 11 is 0. The summed E-state index contributed by atoms with van der Waals surface area (Å²) in [5, 5.41) is 9.35. The van der Waals surface area contributed by atoms with Crippen molar-refractivity contribution in [3.63, 3.8) is 0 Å². The van der Waals surface area contributed by atoms with Gasteiger partial charge < -0.3 is 0 Å². The third kappa shape index (κ3) is 3.10. The standard InChI is InChI=1S/C15H18F2N2/c1-10-5-11(2)9-19(8-10)15(7-18)13-4-3-12(16)6-14(13)17/h3-4,6,10-11,15H,5,8-9H2,1-2H3. The first-order valence-electron chi connectivity index (χ1n) is 6.60. The van der Waals surface area contributed by atoms with Crippen LogP contribution in [-0.4, -0.2) is 18.0 Å². The van der Waals surface area contributed by atoms with Crippen molar-refractivity contribution in [2.45, 2.75) is 26.3 Å². The molecule has 0 saturated carbocycles. The van der Waals surface area contributed by atoms with Crippen LogP contribution >= 0.6 is 0 Å². The fraction of sp³-hybridized carbons (Fsp3) is 0.533. The molecule has 0 aliphatic carbocycles. The molecule has 0 amide bonds. The highest BCUT2D eigenvalue weighted by Crippen LogP contribution is 2.30. The molecule has 3 atom stereocenters. The Morgan fingerprint density at radius 3 is 2.42 bits per heavy atom. The van der Waals surface area contributed by atoms with Gasteiger partial charge in [0.15, 0.2) is 0 Å². The highest BCUT2D eigenvalue weighted by molar-refractivity contribution is 5.26. The van der Waals surface area contributed by atoms with E-state index in [0.29, 0.717) is 11.8 Å². The lowest BCUT2D eigenvalue weighted by molar-refractivity contribution is 0.116. The van der Waals surface area contributed by atoms with E-state index in [-0.39, 0.29) is 5.56 Å². The Morgan fingerprint density at radius 1 is 1.26 bits per heavy atom. The van der Waals surface area contributed by atoms with E-state index in [1.165, 1.54) is 12.1 Å². The predicted molar refractivity (Wildman–Crippen MR) is 69.2 cm³/mol. The summed E-state index contributed by atoms with van der Waals surface area (Å²) in [5.41, 5.74) is 0.269. The number of rotatable bonds is 2. The lowest BCUT2D eigenvalue weighted by atomic mass is 9.90. The van der Waals surface area contributed by atoms with Crippen LogP contribution in [0.4, 0.5) is 8.78 Å². The van der Waals surface area contributed by atoms with Gasteiger partial charge in [-0.05, 0) is 24.3 Å². The Hall–Kier alpha value is -1.47. The molecule has 1 fully saturated rings. The van der Waals surface area contributed by atoms with Gasteiger partial charge in [0.05, 0.1) is 6.07 Å². The molecule has 19 heavy (non-hydrogen) atoms. The first-order chi connectivity index (χ1) is 9.01. The Morgan fingerprint density at radius 2 is 1.89 bits per heavy atom. The molecule has 1 aromatic rings. The summed E-state index contributed by atoms with van der Waals surface area (Å²) in [5.74, 6) is -0.276. The number of piperidine rings is 1. The van der Waals surface area contributed by atoms with Crippen molar-refractivity contribution in [2.75, 3.05) is 13.1 Å². The smallest absolute Gasteiger partial charge is 0.131 e. The molecule has 2 rings (SSSR count). The van der Waals surface area contributed by atoms with Crippen LogP contribution in [0.2, 0.25) is 0 Å². The molecule has 0 spiro atoms. The average molecular weight is 264 g/mol. The maximum Gasteiger partial charge on any atom is 0.131 e. The number of nitrogens with zero attached hydrogens (tertiary/aromatic N) is 2. The minimum atomic E-state index is -0.641.